The van der Waals surface area contributed by atoms with Gasteiger partial charge in [-0.2, -0.15) is 0 Å². The van der Waals surface area contributed by atoms with Crippen molar-refractivity contribution in [1.29, 1.82) is 0 Å². The lowest BCUT2D eigenvalue weighted by Gasteiger charge is -2.12. The minimum Gasteiger partial charge on any atom is -0.453 e. The Labute approximate surface area is 150 Å². The second kappa shape index (κ2) is 7.83. The van der Waals surface area contributed by atoms with E-state index in [1.807, 2.05) is 12.2 Å². The Hall–Kier alpha value is -3.13. The van der Waals surface area contributed by atoms with Crippen LogP contribution in [0.5, 0.6) is 0 Å². The van der Waals surface area contributed by atoms with E-state index in [0.717, 1.165) is 11.3 Å². The molecule has 26 heavy (non-hydrogen) atoms. The van der Waals surface area contributed by atoms with E-state index in [9.17, 15) is 9.59 Å². The third kappa shape index (κ3) is 4.09. The summed E-state index contributed by atoms with van der Waals surface area (Å²) in [5.74, 6) is 0.562. The normalized spacial score (nSPS) is 17.2. The molecule has 8 nitrogen and oxygen atoms in total. The fourth-order valence-electron chi connectivity index (χ4n) is 2.69. The molecule has 0 unspecified atom stereocenters. The Morgan fingerprint density at radius 1 is 1.38 bits per heavy atom. The summed E-state index contributed by atoms with van der Waals surface area (Å²) >= 11 is 0. The Morgan fingerprint density at radius 3 is 3.04 bits per heavy atom. The molecule has 0 saturated heterocycles. The van der Waals surface area contributed by atoms with Gasteiger partial charge in [-0.1, -0.05) is 12.2 Å². The molecule has 2 aromatic rings. The van der Waals surface area contributed by atoms with Crippen LogP contribution in [0, 0.1) is 0 Å². The van der Waals surface area contributed by atoms with E-state index in [4.69, 9.17) is 5.73 Å². The molecular weight excluding hydrogens is 334 g/mol. The summed E-state index contributed by atoms with van der Waals surface area (Å²) in [6.07, 6.45) is 6.62. The average Bonchev–Trinajstić information content (AvgIpc) is 3.11. The summed E-state index contributed by atoms with van der Waals surface area (Å²) in [6, 6.07) is 4.96. The second-order valence-corrected chi connectivity index (χ2v) is 5.96. The molecule has 5 N–H and O–H groups in total. The molecule has 2 amide bonds. The SMILES string of the molecule is COC(=O)Nc1ccc2c(c1)NC(=O)CCC=CC[C@H](N)c1ncc-2[nH]1. The van der Waals surface area contributed by atoms with Crippen molar-refractivity contribution in [2.24, 2.45) is 5.73 Å². The highest BCUT2D eigenvalue weighted by atomic mass is 16.5. The van der Waals surface area contributed by atoms with Crippen LogP contribution >= 0.6 is 0 Å². The predicted octanol–water partition coefficient (Wildman–Crippen LogP) is 2.93. The largest absolute Gasteiger partial charge is 0.453 e. The number of hydrogen-bond acceptors (Lipinski definition) is 5. The monoisotopic (exact) mass is 355 g/mol. The first-order valence-electron chi connectivity index (χ1n) is 8.31. The summed E-state index contributed by atoms with van der Waals surface area (Å²) in [7, 11) is 1.29. The van der Waals surface area contributed by atoms with Gasteiger partial charge >= 0.3 is 6.09 Å². The third-order valence-electron chi connectivity index (χ3n) is 4.06. The molecule has 2 bridgehead atoms. The summed E-state index contributed by atoms with van der Waals surface area (Å²) in [5, 5.41) is 5.49. The van der Waals surface area contributed by atoms with Crippen LogP contribution in [0.3, 0.4) is 0 Å². The van der Waals surface area contributed by atoms with Crippen LogP contribution in [0.1, 0.15) is 31.1 Å². The van der Waals surface area contributed by atoms with Gasteiger partial charge in [0.05, 0.1) is 30.7 Å². The van der Waals surface area contributed by atoms with Gasteiger partial charge in [0.25, 0.3) is 0 Å². The van der Waals surface area contributed by atoms with E-state index >= 15 is 0 Å². The lowest BCUT2D eigenvalue weighted by molar-refractivity contribution is -0.116. The molecule has 1 aliphatic rings. The quantitative estimate of drug-likeness (QED) is 0.586. The van der Waals surface area contributed by atoms with E-state index in [2.05, 4.69) is 25.3 Å². The van der Waals surface area contributed by atoms with E-state index in [0.29, 0.717) is 36.5 Å². The number of carbonyl (C=O) groups is 2. The Kier molecular flexibility index (Phi) is 5.33. The fourth-order valence-corrected chi connectivity index (χ4v) is 2.69. The number of amides is 2. The number of aromatic amines is 1. The number of rotatable bonds is 1. The molecule has 3 rings (SSSR count). The topological polar surface area (TPSA) is 122 Å². The maximum atomic E-state index is 12.3. The number of anilines is 2. The Morgan fingerprint density at radius 2 is 2.23 bits per heavy atom. The molecular formula is C18H21N5O3. The Bertz CT molecular complexity index is 843. The first-order valence-corrected chi connectivity index (χ1v) is 8.31. The van der Waals surface area contributed by atoms with E-state index < -0.39 is 6.09 Å². The zero-order valence-electron chi connectivity index (χ0n) is 14.4. The molecule has 0 saturated carbocycles. The van der Waals surface area contributed by atoms with E-state index in [1.54, 1.807) is 24.4 Å². The molecule has 0 spiro atoms. The van der Waals surface area contributed by atoms with Gasteiger partial charge in [-0.05, 0) is 31.0 Å². The van der Waals surface area contributed by atoms with Crippen LogP contribution < -0.4 is 16.4 Å². The summed E-state index contributed by atoms with van der Waals surface area (Å²) in [6.45, 7) is 0. The minimum absolute atomic E-state index is 0.116. The van der Waals surface area contributed by atoms with Crippen LogP contribution in [0.25, 0.3) is 11.3 Å². The minimum atomic E-state index is -0.583. The average molecular weight is 355 g/mol. The van der Waals surface area contributed by atoms with Gasteiger partial charge in [0.2, 0.25) is 5.91 Å². The molecule has 0 aliphatic carbocycles. The number of methoxy groups -OCH3 is 1. The number of nitrogens with two attached hydrogens (primary N) is 1. The van der Waals surface area contributed by atoms with Gasteiger partial charge in [0.15, 0.2) is 0 Å². The molecule has 2 heterocycles. The molecule has 0 fully saturated rings. The number of nitrogens with one attached hydrogen (secondary N) is 3. The summed E-state index contributed by atoms with van der Waals surface area (Å²) in [4.78, 5) is 31.3. The predicted molar refractivity (Wildman–Crippen MR) is 98.6 cm³/mol. The van der Waals surface area contributed by atoms with Gasteiger partial charge < -0.3 is 20.8 Å². The number of hydrogen-bond donors (Lipinski definition) is 4. The van der Waals surface area contributed by atoms with Gasteiger partial charge in [0, 0.05) is 17.7 Å². The maximum Gasteiger partial charge on any atom is 0.411 e. The van der Waals surface area contributed by atoms with Gasteiger partial charge in [-0.15, -0.1) is 0 Å². The first kappa shape index (κ1) is 17.7. The molecule has 1 atom stereocenters. The highest BCUT2D eigenvalue weighted by Crippen LogP contribution is 2.31. The van der Waals surface area contributed by atoms with Crippen molar-refractivity contribution in [1.82, 2.24) is 9.97 Å². The molecule has 0 radical (unpaired) electrons. The van der Waals surface area contributed by atoms with Crippen LogP contribution in [0.2, 0.25) is 0 Å². The van der Waals surface area contributed by atoms with Gasteiger partial charge in [-0.25, -0.2) is 9.78 Å². The van der Waals surface area contributed by atoms with E-state index in [-0.39, 0.29) is 11.9 Å². The summed E-state index contributed by atoms with van der Waals surface area (Å²) in [5.41, 5.74) is 8.72. The van der Waals surface area contributed by atoms with Gasteiger partial charge in [0.1, 0.15) is 5.82 Å². The van der Waals surface area contributed by atoms with Crippen LogP contribution in [-0.2, 0) is 9.53 Å². The van der Waals surface area contributed by atoms with Crippen LogP contribution in [0.15, 0.2) is 36.5 Å². The lowest BCUT2D eigenvalue weighted by Crippen LogP contribution is -2.14. The highest BCUT2D eigenvalue weighted by Gasteiger charge is 2.15. The third-order valence-corrected chi connectivity index (χ3v) is 4.06. The number of H-pyrrole nitrogens is 1. The van der Waals surface area contributed by atoms with Crippen molar-refractivity contribution in [2.45, 2.75) is 25.3 Å². The number of ether oxygens (including phenoxy) is 1. The number of aromatic nitrogens is 2. The molecule has 1 aromatic heterocycles. The van der Waals surface area contributed by atoms with E-state index in [1.165, 1.54) is 7.11 Å². The van der Waals surface area contributed by atoms with Crippen molar-refractivity contribution in [3.8, 4) is 11.3 Å². The molecule has 136 valence electrons. The number of imidazole rings is 1. The van der Waals surface area contributed by atoms with Gasteiger partial charge in [-0.3, -0.25) is 10.1 Å². The zero-order chi connectivity index (χ0) is 18.5. The summed E-state index contributed by atoms with van der Waals surface area (Å²) < 4.78 is 4.60. The maximum absolute atomic E-state index is 12.3. The van der Waals surface area contributed by atoms with Crippen LogP contribution in [0.4, 0.5) is 16.2 Å². The fraction of sp³-hybridized carbons (Fsp3) is 0.278. The number of nitrogens with zero attached hydrogens (tertiary/aromatic N) is 1. The zero-order valence-corrected chi connectivity index (χ0v) is 14.4. The number of benzene rings is 1. The lowest BCUT2D eigenvalue weighted by atomic mass is 10.1. The number of allylic oxidation sites excluding steroid dienone is 1. The number of fused-ring (bicyclic) bond motifs is 4. The number of carbonyl (C=O) groups excluding carboxylic acids is 2. The van der Waals surface area contributed by atoms with Crippen molar-refractivity contribution < 1.29 is 14.3 Å². The van der Waals surface area contributed by atoms with Crippen LogP contribution in [-0.4, -0.2) is 29.1 Å². The smallest absolute Gasteiger partial charge is 0.411 e. The van der Waals surface area contributed by atoms with Crippen molar-refractivity contribution >= 4 is 23.4 Å². The van der Waals surface area contributed by atoms with Crippen molar-refractivity contribution in [2.75, 3.05) is 17.7 Å². The molecule has 1 aromatic carbocycles. The Balaban J connectivity index is 2.00. The standard InChI is InChI=1S/C18H21N5O3/c1-26-18(25)21-11-7-8-12-14(9-11)22-16(24)6-4-2-3-5-13(19)17-20-10-15(12)23-17/h2-3,7-10,13H,4-6,19H2,1H3,(H,20,23)(H,21,25)(H,22,24)/t13-/m0/s1. The molecule has 1 aliphatic heterocycles. The van der Waals surface area contributed by atoms with Crippen molar-refractivity contribution in [3.05, 3.63) is 42.4 Å². The molecule has 8 heteroatoms. The highest BCUT2D eigenvalue weighted by molar-refractivity contribution is 5.97. The second-order valence-electron chi connectivity index (χ2n) is 5.96. The van der Waals surface area contributed by atoms with Crippen molar-refractivity contribution in [3.63, 3.8) is 0 Å². The first-order chi connectivity index (χ1) is 12.6.